The highest BCUT2D eigenvalue weighted by atomic mass is 79.9. The van der Waals surface area contributed by atoms with Crippen molar-refractivity contribution in [2.45, 2.75) is 6.42 Å². The molecule has 0 aliphatic carbocycles. The first kappa shape index (κ1) is 9.23. The summed E-state index contributed by atoms with van der Waals surface area (Å²) in [5.74, 6) is 0. The minimum Gasteiger partial charge on any atom is -0.236 e. The monoisotopic (exact) mass is 277 g/mol. The smallest absolute Gasteiger partial charge is 0.0862 e. The van der Waals surface area contributed by atoms with Crippen LogP contribution in [0.15, 0.2) is 27.1 Å². The summed E-state index contributed by atoms with van der Waals surface area (Å²) in [5, 5.41) is 10.3. The Morgan fingerprint density at radius 3 is 2.45 bits per heavy atom. The molecule has 0 amide bonds. The lowest BCUT2D eigenvalue weighted by Gasteiger charge is -1.99. The molecule has 0 spiro atoms. The van der Waals surface area contributed by atoms with Gasteiger partial charge in [-0.05, 0) is 56.0 Å². The molecule has 1 rings (SSSR count). The molecule has 0 fully saturated rings. The quantitative estimate of drug-likeness (QED) is 0.792. The summed E-state index contributed by atoms with van der Waals surface area (Å²) in [4.78, 5) is 0. The van der Waals surface area contributed by atoms with E-state index in [9.17, 15) is 5.11 Å². The predicted octanol–water partition coefficient (Wildman–Crippen LogP) is 3.18. The van der Waals surface area contributed by atoms with Gasteiger partial charge in [0.1, 0.15) is 0 Å². The fraction of sp³-hybridized carbons (Fsp3) is 0.250. The van der Waals surface area contributed by atoms with Crippen molar-refractivity contribution in [2.24, 2.45) is 0 Å². The molecule has 0 atom stereocenters. The molecular weight excluding hydrogens is 272 g/mol. The average Bonchev–Trinajstić information content (AvgIpc) is 1.98. The molecule has 59 valence electrons. The molecule has 0 aliphatic heterocycles. The molecule has 1 radical (unpaired) electrons. The summed E-state index contributed by atoms with van der Waals surface area (Å²) >= 11 is 6.72. The minimum absolute atomic E-state index is 0.0475. The second-order valence-electron chi connectivity index (χ2n) is 2.20. The Morgan fingerprint density at radius 2 is 1.91 bits per heavy atom. The third kappa shape index (κ3) is 2.58. The van der Waals surface area contributed by atoms with Crippen molar-refractivity contribution >= 4 is 31.9 Å². The summed E-state index contributed by atoms with van der Waals surface area (Å²) in [6.07, 6.45) is 0.603. The number of halogens is 2. The van der Waals surface area contributed by atoms with Gasteiger partial charge in [-0.15, -0.1) is 0 Å². The van der Waals surface area contributed by atoms with E-state index in [1.54, 1.807) is 0 Å². The fourth-order valence-electron chi connectivity index (χ4n) is 0.813. The Labute approximate surface area is 82.7 Å². The normalized spacial score (nSPS) is 10.1. The molecule has 0 heterocycles. The van der Waals surface area contributed by atoms with Crippen molar-refractivity contribution in [2.75, 3.05) is 6.61 Å². The van der Waals surface area contributed by atoms with Crippen molar-refractivity contribution < 1.29 is 5.11 Å². The Morgan fingerprint density at radius 1 is 1.18 bits per heavy atom. The summed E-state index contributed by atoms with van der Waals surface area (Å²) in [7, 11) is 0. The van der Waals surface area contributed by atoms with Crippen LogP contribution in [0.3, 0.4) is 0 Å². The maximum absolute atomic E-state index is 10.3. The Hall–Kier alpha value is 0.140. The highest BCUT2D eigenvalue weighted by molar-refractivity contribution is 9.13. The highest BCUT2D eigenvalue weighted by Crippen LogP contribution is 2.23. The standard InChI is InChI=1S/C8H7Br2O/c9-7-2-1-6(3-4-11)5-8(7)10/h1-2,5H,3-4H2. The van der Waals surface area contributed by atoms with Gasteiger partial charge in [0.15, 0.2) is 0 Å². The molecule has 0 saturated heterocycles. The third-order valence-corrected chi connectivity index (χ3v) is 3.25. The maximum atomic E-state index is 10.3. The van der Waals surface area contributed by atoms with E-state index in [0.717, 1.165) is 14.5 Å². The first-order chi connectivity index (χ1) is 5.24. The zero-order chi connectivity index (χ0) is 8.27. The van der Waals surface area contributed by atoms with Gasteiger partial charge in [0.25, 0.3) is 0 Å². The molecule has 0 saturated carbocycles. The largest absolute Gasteiger partial charge is 0.236 e. The van der Waals surface area contributed by atoms with E-state index in [1.165, 1.54) is 0 Å². The topological polar surface area (TPSA) is 19.9 Å². The molecule has 0 aromatic heterocycles. The van der Waals surface area contributed by atoms with Crippen LogP contribution in [-0.2, 0) is 11.5 Å². The van der Waals surface area contributed by atoms with Crippen LogP contribution in [0, 0.1) is 0 Å². The molecular formula is C8H7Br2O. The van der Waals surface area contributed by atoms with Crippen molar-refractivity contribution in [1.82, 2.24) is 0 Å². The van der Waals surface area contributed by atoms with Gasteiger partial charge in [-0.3, -0.25) is 0 Å². The minimum atomic E-state index is -0.0475. The molecule has 0 bridgehead atoms. The van der Waals surface area contributed by atoms with Crippen LogP contribution in [0.1, 0.15) is 5.56 Å². The van der Waals surface area contributed by atoms with Crippen molar-refractivity contribution in [3.8, 4) is 0 Å². The van der Waals surface area contributed by atoms with E-state index in [-0.39, 0.29) is 6.61 Å². The molecule has 0 unspecified atom stereocenters. The predicted molar refractivity (Wildman–Crippen MR) is 51.1 cm³/mol. The first-order valence-electron chi connectivity index (χ1n) is 3.26. The van der Waals surface area contributed by atoms with E-state index in [4.69, 9.17) is 0 Å². The van der Waals surface area contributed by atoms with Gasteiger partial charge in [-0.2, -0.15) is 0 Å². The SMILES string of the molecule is [O]CCc1ccc(Br)c(Br)c1. The van der Waals surface area contributed by atoms with Crippen LogP contribution in [0.4, 0.5) is 0 Å². The van der Waals surface area contributed by atoms with Gasteiger partial charge >= 0.3 is 0 Å². The van der Waals surface area contributed by atoms with Crippen LogP contribution >= 0.6 is 31.9 Å². The lowest BCUT2D eigenvalue weighted by Crippen LogP contribution is -1.88. The number of hydrogen-bond acceptors (Lipinski definition) is 0. The highest BCUT2D eigenvalue weighted by Gasteiger charge is 1.97. The Balaban J connectivity index is 2.86. The second kappa shape index (κ2) is 4.24. The van der Waals surface area contributed by atoms with Crippen molar-refractivity contribution in [3.63, 3.8) is 0 Å². The summed E-state index contributed by atoms with van der Waals surface area (Å²) in [6.45, 7) is -0.0475. The summed E-state index contributed by atoms with van der Waals surface area (Å²) in [6, 6.07) is 5.85. The fourth-order valence-corrected chi connectivity index (χ4v) is 1.49. The molecule has 11 heavy (non-hydrogen) atoms. The lowest BCUT2D eigenvalue weighted by atomic mass is 10.2. The third-order valence-electron chi connectivity index (χ3n) is 1.37. The zero-order valence-corrected chi connectivity index (χ0v) is 8.98. The summed E-state index contributed by atoms with van der Waals surface area (Å²) in [5.41, 5.74) is 1.08. The van der Waals surface area contributed by atoms with Crippen LogP contribution < -0.4 is 0 Å². The summed E-state index contributed by atoms with van der Waals surface area (Å²) < 4.78 is 2.02. The first-order valence-corrected chi connectivity index (χ1v) is 4.84. The maximum Gasteiger partial charge on any atom is 0.0862 e. The molecule has 1 nitrogen and oxygen atoms in total. The second-order valence-corrected chi connectivity index (χ2v) is 3.91. The number of benzene rings is 1. The molecule has 0 N–H and O–H groups in total. The van der Waals surface area contributed by atoms with Crippen molar-refractivity contribution in [1.29, 1.82) is 0 Å². The van der Waals surface area contributed by atoms with Gasteiger partial charge in [0.2, 0.25) is 0 Å². The van der Waals surface area contributed by atoms with Crippen LogP contribution in [0.5, 0.6) is 0 Å². The van der Waals surface area contributed by atoms with Gasteiger partial charge in [0.05, 0.1) is 6.61 Å². The molecule has 3 heteroatoms. The molecule has 1 aromatic carbocycles. The van der Waals surface area contributed by atoms with Gasteiger partial charge in [0, 0.05) is 8.95 Å². The Bertz CT molecular complexity index is 248. The zero-order valence-electron chi connectivity index (χ0n) is 5.81. The van der Waals surface area contributed by atoms with E-state index >= 15 is 0 Å². The number of rotatable bonds is 2. The number of hydrogen-bond donors (Lipinski definition) is 0. The molecule has 0 aliphatic rings. The van der Waals surface area contributed by atoms with Crippen LogP contribution in [-0.4, -0.2) is 6.61 Å². The Kier molecular flexibility index (Phi) is 3.55. The molecule has 1 aromatic rings. The van der Waals surface area contributed by atoms with Crippen LogP contribution in [0.2, 0.25) is 0 Å². The van der Waals surface area contributed by atoms with Gasteiger partial charge < -0.3 is 0 Å². The van der Waals surface area contributed by atoms with Gasteiger partial charge in [-0.25, -0.2) is 5.11 Å². The van der Waals surface area contributed by atoms with E-state index < -0.39 is 0 Å². The van der Waals surface area contributed by atoms with E-state index in [0.29, 0.717) is 6.42 Å². The lowest BCUT2D eigenvalue weighted by molar-refractivity contribution is 0.197. The van der Waals surface area contributed by atoms with Crippen LogP contribution in [0.25, 0.3) is 0 Å². The van der Waals surface area contributed by atoms with E-state index in [1.807, 2.05) is 18.2 Å². The van der Waals surface area contributed by atoms with Crippen molar-refractivity contribution in [3.05, 3.63) is 32.7 Å². The van der Waals surface area contributed by atoms with Gasteiger partial charge in [-0.1, -0.05) is 6.07 Å². The van der Waals surface area contributed by atoms with E-state index in [2.05, 4.69) is 31.9 Å². The average molecular weight is 279 g/mol.